The molecule has 0 aliphatic rings. The predicted octanol–water partition coefficient (Wildman–Crippen LogP) is 4.53. The van der Waals surface area contributed by atoms with Crippen molar-refractivity contribution in [1.82, 2.24) is 4.90 Å². The van der Waals surface area contributed by atoms with Crippen LogP contribution in [-0.4, -0.2) is 24.5 Å². The minimum atomic E-state index is 0.0370. The number of benzene rings is 2. The van der Waals surface area contributed by atoms with Crippen LogP contribution in [0.25, 0.3) is 0 Å². The maximum absolute atomic E-state index is 12.1. The minimum Gasteiger partial charge on any atom is -0.493 e. The van der Waals surface area contributed by atoms with Gasteiger partial charge in [0.2, 0.25) is 5.91 Å². The number of halogens is 2. The highest BCUT2D eigenvalue weighted by atomic mass is 79.9. The molecule has 0 heterocycles. The third-order valence-corrected chi connectivity index (χ3v) is 3.84. The van der Waals surface area contributed by atoms with Crippen LogP contribution in [0.1, 0.15) is 12.0 Å². The van der Waals surface area contributed by atoms with Gasteiger partial charge in [-0.05, 0) is 35.9 Å². The summed E-state index contributed by atoms with van der Waals surface area (Å²) in [6, 6.07) is 15.1. The van der Waals surface area contributed by atoms with Gasteiger partial charge in [-0.1, -0.05) is 45.7 Å². The van der Waals surface area contributed by atoms with E-state index in [2.05, 4.69) is 15.9 Å². The van der Waals surface area contributed by atoms with Crippen LogP contribution in [0.2, 0.25) is 5.02 Å². The van der Waals surface area contributed by atoms with Gasteiger partial charge in [-0.2, -0.15) is 0 Å². The zero-order valence-electron chi connectivity index (χ0n) is 12.3. The zero-order chi connectivity index (χ0) is 15.9. The Morgan fingerprint density at radius 2 is 2.00 bits per heavy atom. The van der Waals surface area contributed by atoms with Crippen molar-refractivity contribution in [3.8, 4) is 5.75 Å². The average Bonchev–Trinajstić information content (AvgIpc) is 2.47. The minimum absolute atomic E-state index is 0.0370. The first-order valence-corrected chi connectivity index (χ1v) is 8.08. The Morgan fingerprint density at radius 1 is 1.23 bits per heavy atom. The molecule has 1 amide bonds. The second-order valence-electron chi connectivity index (χ2n) is 4.94. The summed E-state index contributed by atoms with van der Waals surface area (Å²) < 4.78 is 6.53. The van der Waals surface area contributed by atoms with Gasteiger partial charge >= 0.3 is 0 Å². The number of carbonyl (C=O) groups is 1. The van der Waals surface area contributed by atoms with Crippen LogP contribution in [0.15, 0.2) is 53.0 Å². The molecule has 2 rings (SSSR count). The van der Waals surface area contributed by atoms with E-state index in [0.717, 1.165) is 15.8 Å². The summed E-state index contributed by atoms with van der Waals surface area (Å²) >= 11 is 9.33. The Kier molecular flexibility index (Phi) is 6.28. The van der Waals surface area contributed by atoms with E-state index in [0.29, 0.717) is 24.6 Å². The van der Waals surface area contributed by atoms with Crippen molar-refractivity contribution in [2.45, 2.75) is 13.0 Å². The second kappa shape index (κ2) is 8.20. The van der Waals surface area contributed by atoms with E-state index in [1.165, 1.54) is 0 Å². The van der Waals surface area contributed by atoms with E-state index < -0.39 is 0 Å². The number of hydrogen-bond donors (Lipinski definition) is 0. The van der Waals surface area contributed by atoms with Crippen molar-refractivity contribution in [3.63, 3.8) is 0 Å². The summed E-state index contributed by atoms with van der Waals surface area (Å²) in [5.74, 6) is 0.787. The van der Waals surface area contributed by atoms with Gasteiger partial charge in [0, 0.05) is 23.1 Å². The Labute approximate surface area is 144 Å². The van der Waals surface area contributed by atoms with Gasteiger partial charge in [0.05, 0.1) is 13.0 Å². The molecule has 0 aromatic heterocycles. The number of ether oxygens (including phenoxy) is 1. The lowest BCUT2D eigenvalue weighted by Crippen LogP contribution is -2.27. The SMILES string of the molecule is CN(Cc1cccc(Cl)c1)C(=O)CCOc1cccc(Br)c1. The fraction of sp³-hybridized carbons (Fsp3) is 0.235. The lowest BCUT2D eigenvalue weighted by Gasteiger charge is -2.17. The Hall–Kier alpha value is -1.52. The van der Waals surface area contributed by atoms with Crippen LogP contribution >= 0.6 is 27.5 Å². The number of carbonyl (C=O) groups excluding carboxylic acids is 1. The molecule has 0 bridgehead atoms. The van der Waals surface area contributed by atoms with E-state index >= 15 is 0 Å². The molecule has 0 atom stereocenters. The van der Waals surface area contributed by atoms with Crippen LogP contribution in [0.5, 0.6) is 5.75 Å². The number of amides is 1. The molecule has 0 saturated heterocycles. The molecule has 116 valence electrons. The van der Waals surface area contributed by atoms with Gasteiger partial charge < -0.3 is 9.64 Å². The molecule has 2 aromatic carbocycles. The highest BCUT2D eigenvalue weighted by molar-refractivity contribution is 9.10. The molecule has 0 spiro atoms. The number of rotatable bonds is 6. The second-order valence-corrected chi connectivity index (χ2v) is 6.29. The molecule has 0 aliphatic heterocycles. The van der Waals surface area contributed by atoms with Crippen LogP contribution < -0.4 is 4.74 Å². The third kappa shape index (κ3) is 5.35. The van der Waals surface area contributed by atoms with E-state index in [-0.39, 0.29) is 5.91 Å². The zero-order valence-corrected chi connectivity index (χ0v) is 14.6. The Bertz CT molecular complexity index is 648. The van der Waals surface area contributed by atoms with Crippen LogP contribution in [0, 0.1) is 0 Å². The van der Waals surface area contributed by atoms with E-state index in [4.69, 9.17) is 16.3 Å². The first-order chi connectivity index (χ1) is 10.5. The number of nitrogens with zero attached hydrogens (tertiary/aromatic N) is 1. The molecule has 0 fully saturated rings. The first kappa shape index (κ1) is 16.8. The van der Waals surface area contributed by atoms with Crippen molar-refractivity contribution in [3.05, 3.63) is 63.6 Å². The molecule has 5 heteroatoms. The van der Waals surface area contributed by atoms with Crippen LogP contribution in [-0.2, 0) is 11.3 Å². The molecule has 0 radical (unpaired) electrons. The van der Waals surface area contributed by atoms with Crippen molar-refractivity contribution >= 4 is 33.4 Å². The van der Waals surface area contributed by atoms with Gasteiger partial charge in [0.15, 0.2) is 0 Å². The fourth-order valence-corrected chi connectivity index (χ4v) is 2.59. The average molecular weight is 383 g/mol. The third-order valence-electron chi connectivity index (χ3n) is 3.12. The first-order valence-electron chi connectivity index (χ1n) is 6.91. The summed E-state index contributed by atoms with van der Waals surface area (Å²) in [7, 11) is 1.78. The van der Waals surface area contributed by atoms with E-state index in [9.17, 15) is 4.79 Å². The summed E-state index contributed by atoms with van der Waals surface area (Å²) in [5, 5.41) is 0.677. The molecule has 0 unspecified atom stereocenters. The molecule has 2 aromatic rings. The molecule has 22 heavy (non-hydrogen) atoms. The van der Waals surface area contributed by atoms with E-state index in [1.54, 1.807) is 11.9 Å². The van der Waals surface area contributed by atoms with Gasteiger partial charge in [0.25, 0.3) is 0 Å². The lowest BCUT2D eigenvalue weighted by atomic mass is 10.2. The molecule has 0 aliphatic carbocycles. The topological polar surface area (TPSA) is 29.5 Å². The highest BCUT2D eigenvalue weighted by Crippen LogP contribution is 2.18. The van der Waals surface area contributed by atoms with E-state index in [1.807, 2.05) is 48.5 Å². The molecular weight excluding hydrogens is 366 g/mol. The van der Waals surface area contributed by atoms with Crippen molar-refractivity contribution in [1.29, 1.82) is 0 Å². The standard InChI is InChI=1S/C17H17BrClNO2/c1-20(12-13-4-2-6-15(19)10-13)17(21)8-9-22-16-7-3-5-14(18)11-16/h2-7,10-11H,8-9,12H2,1H3. The number of hydrogen-bond acceptors (Lipinski definition) is 2. The molecule has 3 nitrogen and oxygen atoms in total. The molecular formula is C17H17BrClNO2. The highest BCUT2D eigenvalue weighted by Gasteiger charge is 2.09. The summed E-state index contributed by atoms with van der Waals surface area (Å²) in [6.45, 7) is 0.894. The van der Waals surface area contributed by atoms with Crippen LogP contribution in [0.4, 0.5) is 0 Å². The van der Waals surface area contributed by atoms with Gasteiger partial charge in [-0.3, -0.25) is 4.79 Å². The lowest BCUT2D eigenvalue weighted by molar-refractivity contribution is -0.130. The van der Waals surface area contributed by atoms with Gasteiger partial charge in [0.1, 0.15) is 5.75 Å². The largest absolute Gasteiger partial charge is 0.493 e. The quantitative estimate of drug-likeness (QED) is 0.734. The maximum atomic E-state index is 12.1. The van der Waals surface area contributed by atoms with Crippen molar-refractivity contribution < 1.29 is 9.53 Å². The Balaban J connectivity index is 1.79. The smallest absolute Gasteiger partial charge is 0.226 e. The normalized spacial score (nSPS) is 10.3. The summed E-state index contributed by atoms with van der Waals surface area (Å²) in [5.41, 5.74) is 1.01. The summed E-state index contributed by atoms with van der Waals surface area (Å²) in [4.78, 5) is 13.8. The fourth-order valence-electron chi connectivity index (χ4n) is 2.00. The van der Waals surface area contributed by atoms with Crippen molar-refractivity contribution in [2.24, 2.45) is 0 Å². The predicted molar refractivity (Wildman–Crippen MR) is 92.2 cm³/mol. The monoisotopic (exact) mass is 381 g/mol. The van der Waals surface area contributed by atoms with Crippen molar-refractivity contribution in [2.75, 3.05) is 13.7 Å². The summed E-state index contributed by atoms with van der Waals surface area (Å²) in [6.07, 6.45) is 0.337. The van der Waals surface area contributed by atoms with Gasteiger partial charge in [-0.25, -0.2) is 0 Å². The molecule has 0 N–H and O–H groups in total. The molecule has 0 saturated carbocycles. The van der Waals surface area contributed by atoms with Gasteiger partial charge in [-0.15, -0.1) is 0 Å². The Morgan fingerprint density at radius 3 is 2.73 bits per heavy atom. The van der Waals surface area contributed by atoms with Crippen LogP contribution in [0.3, 0.4) is 0 Å². The maximum Gasteiger partial charge on any atom is 0.226 e.